The molecule has 0 fully saturated rings. The van der Waals surface area contributed by atoms with Crippen LogP contribution in [0.1, 0.15) is 57.2 Å². The molecule has 0 saturated carbocycles. The summed E-state index contributed by atoms with van der Waals surface area (Å²) in [4.78, 5) is 30.8. The highest BCUT2D eigenvalue weighted by Gasteiger charge is 2.21. The number of fused-ring (bicyclic) bond motifs is 1. The van der Waals surface area contributed by atoms with Crippen LogP contribution in [-0.2, 0) is 24.2 Å². The van der Waals surface area contributed by atoms with Crippen molar-refractivity contribution >= 4 is 28.8 Å². The number of anilines is 1. The Hall–Kier alpha value is -3.71. The molecular formula is C28H28N4O2S. The Kier molecular flexibility index (Phi) is 7.04. The van der Waals surface area contributed by atoms with Crippen LogP contribution < -0.4 is 10.6 Å². The van der Waals surface area contributed by atoms with Gasteiger partial charge in [0.25, 0.3) is 5.91 Å². The van der Waals surface area contributed by atoms with E-state index in [9.17, 15) is 9.59 Å². The van der Waals surface area contributed by atoms with Crippen LogP contribution in [0.3, 0.4) is 0 Å². The maximum absolute atomic E-state index is 13.3. The first-order valence-electron chi connectivity index (χ1n) is 12.0. The van der Waals surface area contributed by atoms with Crippen molar-refractivity contribution in [2.75, 3.05) is 5.32 Å². The van der Waals surface area contributed by atoms with Crippen LogP contribution in [0, 0.1) is 0 Å². The maximum Gasteiger partial charge on any atom is 0.252 e. The molecule has 2 heterocycles. The zero-order valence-corrected chi connectivity index (χ0v) is 20.3. The molecule has 2 aromatic heterocycles. The molecule has 0 radical (unpaired) electrons. The highest BCUT2D eigenvalue weighted by molar-refractivity contribution is 7.10. The molecule has 5 rings (SSSR count). The van der Waals surface area contributed by atoms with Gasteiger partial charge in [0.1, 0.15) is 0 Å². The van der Waals surface area contributed by atoms with Gasteiger partial charge in [-0.05, 0) is 72.0 Å². The quantitative estimate of drug-likeness (QED) is 0.353. The molecule has 1 aliphatic rings. The molecule has 4 aromatic rings. The number of aromatic nitrogens is 2. The second-order valence-electron chi connectivity index (χ2n) is 8.84. The minimum absolute atomic E-state index is 0.109. The Morgan fingerprint density at radius 2 is 1.91 bits per heavy atom. The summed E-state index contributed by atoms with van der Waals surface area (Å²) in [6, 6.07) is 17.6. The van der Waals surface area contributed by atoms with E-state index in [2.05, 4.69) is 39.9 Å². The van der Waals surface area contributed by atoms with Gasteiger partial charge < -0.3 is 15.2 Å². The van der Waals surface area contributed by atoms with Gasteiger partial charge in [0, 0.05) is 41.5 Å². The Morgan fingerprint density at radius 3 is 2.71 bits per heavy atom. The van der Waals surface area contributed by atoms with Crippen LogP contribution >= 0.6 is 11.3 Å². The third-order valence-electron chi connectivity index (χ3n) is 6.37. The number of benzene rings is 2. The minimum atomic E-state index is -0.219. The Balaban J connectivity index is 1.30. The summed E-state index contributed by atoms with van der Waals surface area (Å²) in [5.74, 6) is -0.280. The number of carbonyl (C=O) groups is 2. The number of aryl methyl sites for hydroxylation is 3. The van der Waals surface area contributed by atoms with Gasteiger partial charge in [0.05, 0.1) is 12.4 Å². The predicted octanol–water partition coefficient (Wildman–Crippen LogP) is 5.37. The van der Waals surface area contributed by atoms with Crippen LogP contribution in [-0.4, -0.2) is 21.4 Å². The summed E-state index contributed by atoms with van der Waals surface area (Å²) in [7, 11) is 0. The highest BCUT2D eigenvalue weighted by Crippen LogP contribution is 2.30. The summed E-state index contributed by atoms with van der Waals surface area (Å²) in [6.45, 7) is 0.551. The molecule has 0 saturated heterocycles. The molecule has 6 nitrogen and oxygen atoms in total. The molecule has 1 unspecified atom stereocenters. The van der Waals surface area contributed by atoms with E-state index in [1.807, 2.05) is 22.2 Å². The van der Waals surface area contributed by atoms with Gasteiger partial charge in [-0.25, -0.2) is 4.98 Å². The third-order valence-corrected chi connectivity index (χ3v) is 7.31. The number of imidazole rings is 1. The maximum atomic E-state index is 13.3. The largest absolute Gasteiger partial charge is 0.340 e. The van der Waals surface area contributed by atoms with E-state index in [-0.39, 0.29) is 17.9 Å². The summed E-state index contributed by atoms with van der Waals surface area (Å²) in [5, 5.41) is 8.16. The van der Waals surface area contributed by atoms with Gasteiger partial charge >= 0.3 is 0 Å². The molecular weight excluding hydrogens is 456 g/mol. The van der Waals surface area contributed by atoms with E-state index in [0.717, 1.165) is 23.3 Å². The summed E-state index contributed by atoms with van der Waals surface area (Å²) >= 11 is 1.64. The van der Waals surface area contributed by atoms with Gasteiger partial charge in [0.2, 0.25) is 5.91 Å². The number of hydrogen-bond acceptors (Lipinski definition) is 4. The fourth-order valence-electron chi connectivity index (χ4n) is 4.53. The van der Waals surface area contributed by atoms with E-state index in [1.165, 1.54) is 24.0 Å². The molecule has 0 bridgehead atoms. The molecule has 7 heteroatoms. The zero-order valence-electron chi connectivity index (χ0n) is 19.4. The topological polar surface area (TPSA) is 76.0 Å². The number of hydrogen-bond donors (Lipinski definition) is 2. The standard InChI is InChI=1S/C28H28N4O2S/c33-26(12-14-32-15-13-29-19-32)30-24-8-3-7-23(18-24)28(34)31-27(25-9-4-16-35-25)22-11-10-20-5-1-2-6-21(20)17-22/h3-4,7-11,13,15-19,27H,1-2,5-6,12,14H2,(H,30,33)(H,31,34). The fraction of sp³-hybridized carbons (Fsp3) is 0.250. The van der Waals surface area contributed by atoms with Crippen molar-refractivity contribution < 1.29 is 9.59 Å². The van der Waals surface area contributed by atoms with Gasteiger partial charge in [-0.1, -0.05) is 30.3 Å². The Labute approximate surface area is 209 Å². The van der Waals surface area contributed by atoms with Crippen molar-refractivity contribution in [3.8, 4) is 0 Å². The monoisotopic (exact) mass is 484 g/mol. The zero-order chi connectivity index (χ0) is 24.0. The van der Waals surface area contributed by atoms with E-state index in [4.69, 9.17) is 0 Å². The van der Waals surface area contributed by atoms with Crippen molar-refractivity contribution in [3.05, 3.63) is 106 Å². The Morgan fingerprint density at radius 1 is 1.03 bits per heavy atom. The minimum Gasteiger partial charge on any atom is -0.340 e. The first-order valence-corrected chi connectivity index (χ1v) is 12.9. The molecule has 2 N–H and O–H groups in total. The van der Waals surface area contributed by atoms with Crippen LogP contribution in [0.5, 0.6) is 0 Å². The number of nitrogens with one attached hydrogen (secondary N) is 2. The summed E-state index contributed by atoms with van der Waals surface area (Å²) in [5.41, 5.74) is 5.04. The van der Waals surface area contributed by atoms with Crippen LogP contribution in [0.25, 0.3) is 0 Å². The van der Waals surface area contributed by atoms with Gasteiger partial charge in [-0.2, -0.15) is 0 Å². The highest BCUT2D eigenvalue weighted by atomic mass is 32.1. The second kappa shape index (κ2) is 10.7. The number of carbonyl (C=O) groups excluding carboxylic acids is 2. The van der Waals surface area contributed by atoms with Crippen molar-refractivity contribution in [1.29, 1.82) is 0 Å². The molecule has 1 aliphatic carbocycles. The molecule has 2 amide bonds. The molecule has 178 valence electrons. The molecule has 1 atom stereocenters. The normalized spacial score (nSPS) is 13.6. The molecule has 0 aliphatic heterocycles. The van der Waals surface area contributed by atoms with Gasteiger partial charge in [-0.3, -0.25) is 9.59 Å². The fourth-order valence-corrected chi connectivity index (χ4v) is 5.34. The molecule has 2 aromatic carbocycles. The Bertz CT molecular complexity index is 1300. The lowest BCUT2D eigenvalue weighted by atomic mass is 9.89. The SMILES string of the molecule is O=C(CCn1ccnc1)Nc1cccc(C(=O)NC(c2ccc3c(c2)CCCC3)c2cccs2)c1. The van der Waals surface area contributed by atoms with E-state index < -0.39 is 0 Å². The third kappa shape index (κ3) is 5.69. The van der Waals surface area contributed by atoms with Crippen LogP contribution in [0.2, 0.25) is 0 Å². The predicted molar refractivity (Wildman–Crippen MR) is 139 cm³/mol. The number of rotatable bonds is 8. The average molecular weight is 485 g/mol. The molecule has 0 spiro atoms. The first-order chi connectivity index (χ1) is 17.2. The summed E-state index contributed by atoms with van der Waals surface area (Å²) < 4.78 is 1.86. The van der Waals surface area contributed by atoms with E-state index in [0.29, 0.717) is 24.2 Å². The van der Waals surface area contributed by atoms with Crippen molar-refractivity contribution in [2.45, 2.75) is 44.7 Å². The number of nitrogens with zero attached hydrogens (tertiary/aromatic N) is 2. The summed E-state index contributed by atoms with van der Waals surface area (Å²) in [6.07, 6.45) is 10.2. The lowest BCUT2D eigenvalue weighted by molar-refractivity contribution is -0.116. The van der Waals surface area contributed by atoms with Crippen molar-refractivity contribution in [1.82, 2.24) is 14.9 Å². The number of amides is 2. The van der Waals surface area contributed by atoms with Crippen LogP contribution in [0.4, 0.5) is 5.69 Å². The average Bonchev–Trinajstić information content (AvgIpc) is 3.61. The van der Waals surface area contributed by atoms with E-state index in [1.54, 1.807) is 48.1 Å². The lowest BCUT2D eigenvalue weighted by Gasteiger charge is -2.22. The van der Waals surface area contributed by atoms with E-state index >= 15 is 0 Å². The number of thiophene rings is 1. The van der Waals surface area contributed by atoms with Crippen molar-refractivity contribution in [2.24, 2.45) is 0 Å². The first kappa shape index (κ1) is 23.1. The lowest BCUT2D eigenvalue weighted by Crippen LogP contribution is -2.29. The van der Waals surface area contributed by atoms with Gasteiger partial charge in [-0.15, -0.1) is 11.3 Å². The second-order valence-corrected chi connectivity index (χ2v) is 9.82. The van der Waals surface area contributed by atoms with Gasteiger partial charge in [0.15, 0.2) is 0 Å². The van der Waals surface area contributed by atoms with Crippen LogP contribution in [0.15, 0.2) is 78.7 Å². The smallest absolute Gasteiger partial charge is 0.252 e. The molecule has 35 heavy (non-hydrogen) atoms. The van der Waals surface area contributed by atoms with Crippen molar-refractivity contribution in [3.63, 3.8) is 0 Å².